The number of hydrogen-bond acceptors (Lipinski definition) is 3. The number of amides is 1. The van der Waals surface area contributed by atoms with Crippen molar-refractivity contribution in [3.63, 3.8) is 0 Å². The molecule has 0 unspecified atom stereocenters. The molecule has 1 spiro atoms. The second kappa shape index (κ2) is 4.83. The van der Waals surface area contributed by atoms with Crippen LogP contribution in [0.4, 0.5) is 19.3 Å². The summed E-state index contributed by atoms with van der Waals surface area (Å²) < 4.78 is 31.8. The Morgan fingerprint density at radius 1 is 1.09 bits per heavy atom. The summed E-state index contributed by atoms with van der Waals surface area (Å²) in [5, 5.41) is 0. The van der Waals surface area contributed by atoms with Gasteiger partial charge in [0.05, 0.1) is 0 Å². The lowest BCUT2D eigenvalue weighted by molar-refractivity contribution is -0.0453. The Hall–Kier alpha value is -1.85. The number of likely N-dealkylation sites (tertiary alicyclic amines) is 1. The van der Waals surface area contributed by atoms with Gasteiger partial charge in [-0.2, -0.15) is 0 Å². The van der Waals surface area contributed by atoms with E-state index in [1.165, 1.54) is 12.1 Å². The van der Waals surface area contributed by atoms with E-state index in [2.05, 4.69) is 0 Å². The van der Waals surface area contributed by atoms with Crippen LogP contribution in [-0.2, 0) is 4.74 Å². The van der Waals surface area contributed by atoms with Crippen LogP contribution in [0.1, 0.15) is 20.8 Å². The first kappa shape index (κ1) is 15.1. The Morgan fingerprint density at radius 3 is 2.14 bits per heavy atom. The van der Waals surface area contributed by atoms with Gasteiger partial charge in [-0.05, 0) is 32.9 Å². The van der Waals surface area contributed by atoms with Crippen LogP contribution in [0.2, 0.25) is 0 Å². The highest BCUT2D eigenvalue weighted by Gasteiger charge is 2.54. The number of benzene rings is 1. The molecule has 4 nitrogen and oxygen atoms in total. The minimum Gasteiger partial charge on any atom is -0.444 e. The SMILES string of the molecule is CC(C)(C)OC(=O)N1CC2(C1)CN(c1cc(F)cc(F)c1)C2. The molecular weight excluding hydrogens is 290 g/mol. The molecule has 2 saturated heterocycles. The number of ether oxygens (including phenoxy) is 1. The van der Waals surface area contributed by atoms with Crippen molar-refractivity contribution in [1.29, 1.82) is 0 Å². The highest BCUT2D eigenvalue weighted by molar-refractivity contribution is 5.70. The minimum absolute atomic E-state index is 0.0414. The summed E-state index contributed by atoms with van der Waals surface area (Å²) in [4.78, 5) is 15.5. The van der Waals surface area contributed by atoms with Crippen molar-refractivity contribution in [2.75, 3.05) is 31.1 Å². The second-order valence-corrected chi connectivity index (χ2v) is 7.32. The van der Waals surface area contributed by atoms with Crippen molar-refractivity contribution in [3.05, 3.63) is 29.8 Å². The second-order valence-electron chi connectivity index (χ2n) is 7.32. The van der Waals surface area contributed by atoms with Gasteiger partial charge in [0.2, 0.25) is 0 Å². The highest BCUT2D eigenvalue weighted by Crippen LogP contribution is 2.42. The average molecular weight is 310 g/mol. The molecule has 2 aliphatic heterocycles. The molecule has 1 aromatic rings. The van der Waals surface area contributed by atoms with Gasteiger partial charge in [-0.3, -0.25) is 0 Å². The third-order valence-electron chi connectivity index (χ3n) is 3.97. The molecule has 2 heterocycles. The van der Waals surface area contributed by atoms with E-state index in [1.54, 1.807) is 4.90 Å². The lowest BCUT2D eigenvalue weighted by atomic mass is 9.73. The van der Waals surface area contributed by atoms with Gasteiger partial charge in [-0.25, -0.2) is 13.6 Å². The van der Waals surface area contributed by atoms with Gasteiger partial charge in [0.25, 0.3) is 0 Å². The normalized spacial score (nSPS) is 19.7. The number of rotatable bonds is 1. The third kappa shape index (κ3) is 2.87. The molecule has 0 N–H and O–H groups in total. The van der Waals surface area contributed by atoms with Crippen LogP contribution in [0.25, 0.3) is 0 Å². The Balaban J connectivity index is 1.54. The summed E-state index contributed by atoms with van der Waals surface area (Å²) in [7, 11) is 0. The fraction of sp³-hybridized carbons (Fsp3) is 0.562. The fourth-order valence-corrected chi connectivity index (χ4v) is 3.09. The Morgan fingerprint density at radius 2 is 1.64 bits per heavy atom. The predicted octanol–water partition coefficient (Wildman–Crippen LogP) is 3.02. The first-order chi connectivity index (χ1) is 10.2. The molecule has 6 heteroatoms. The quantitative estimate of drug-likeness (QED) is 0.799. The lowest BCUT2D eigenvalue weighted by Gasteiger charge is -2.60. The van der Waals surface area contributed by atoms with E-state index in [4.69, 9.17) is 4.74 Å². The average Bonchev–Trinajstić information content (AvgIpc) is 2.20. The van der Waals surface area contributed by atoms with Crippen LogP contribution in [0.3, 0.4) is 0 Å². The molecule has 0 radical (unpaired) electrons. The van der Waals surface area contributed by atoms with Gasteiger partial charge in [-0.15, -0.1) is 0 Å². The largest absolute Gasteiger partial charge is 0.444 e. The highest BCUT2D eigenvalue weighted by atomic mass is 19.1. The topological polar surface area (TPSA) is 32.8 Å². The Labute approximate surface area is 128 Å². The van der Waals surface area contributed by atoms with Crippen LogP contribution in [0.5, 0.6) is 0 Å². The van der Waals surface area contributed by atoms with Crippen LogP contribution < -0.4 is 4.90 Å². The number of carbonyl (C=O) groups is 1. The van der Waals surface area contributed by atoms with Crippen LogP contribution in [-0.4, -0.2) is 42.8 Å². The Bertz CT molecular complexity index is 578. The molecule has 0 saturated carbocycles. The van der Waals surface area contributed by atoms with Crippen LogP contribution >= 0.6 is 0 Å². The maximum atomic E-state index is 13.2. The summed E-state index contributed by atoms with van der Waals surface area (Å²) in [5.41, 5.74) is 0.100. The Kier molecular flexibility index (Phi) is 3.30. The molecule has 0 bridgehead atoms. The lowest BCUT2D eigenvalue weighted by Crippen LogP contribution is -2.73. The van der Waals surface area contributed by atoms with Gasteiger partial charge >= 0.3 is 6.09 Å². The first-order valence-electron chi connectivity index (χ1n) is 7.35. The molecule has 2 aliphatic rings. The zero-order valence-corrected chi connectivity index (χ0v) is 13.0. The van der Waals surface area contributed by atoms with Crippen LogP contribution in [0.15, 0.2) is 18.2 Å². The smallest absolute Gasteiger partial charge is 0.410 e. The molecule has 0 aromatic heterocycles. The van der Waals surface area contributed by atoms with Crippen molar-refractivity contribution >= 4 is 11.8 Å². The number of nitrogens with zero attached hydrogens (tertiary/aromatic N) is 2. The van der Waals surface area contributed by atoms with Crippen molar-refractivity contribution in [2.24, 2.45) is 5.41 Å². The fourth-order valence-electron chi connectivity index (χ4n) is 3.09. The van der Waals surface area contributed by atoms with Gasteiger partial charge in [0.1, 0.15) is 17.2 Å². The number of anilines is 1. The predicted molar refractivity (Wildman–Crippen MR) is 78.8 cm³/mol. The monoisotopic (exact) mass is 310 g/mol. The summed E-state index contributed by atoms with van der Waals surface area (Å²) >= 11 is 0. The molecule has 2 fully saturated rings. The van der Waals surface area contributed by atoms with E-state index in [1.807, 2.05) is 25.7 Å². The van der Waals surface area contributed by atoms with Crippen molar-refractivity contribution in [3.8, 4) is 0 Å². The first-order valence-corrected chi connectivity index (χ1v) is 7.35. The molecule has 1 aromatic carbocycles. The molecule has 120 valence electrons. The minimum atomic E-state index is -0.569. The van der Waals surface area contributed by atoms with E-state index in [0.29, 0.717) is 31.9 Å². The molecular formula is C16H20F2N2O2. The van der Waals surface area contributed by atoms with Crippen molar-refractivity contribution in [2.45, 2.75) is 26.4 Å². The number of halogens is 2. The molecule has 3 rings (SSSR count). The van der Waals surface area contributed by atoms with Crippen molar-refractivity contribution < 1.29 is 18.3 Å². The standard InChI is InChI=1S/C16H20F2N2O2/c1-15(2,3)22-14(21)20-9-16(10-20)7-19(8-16)13-5-11(17)4-12(18)6-13/h4-6H,7-10H2,1-3H3. The molecule has 1 amide bonds. The van der Waals surface area contributed by atoms with Crippen molar-refractivity contribution in [1.82, 2.24) is 4.90 Å². The number of hydrogen-bond donors (Lipinski definition) is 0. The maximum absolute atomic E-state index is 13.2. The van der Waals surface area contributed by atoms with Gasteiger partial charge in [0, 0.05) is 43.3 Å². The zero-order valence-electron chi connectivity index (χ0n) is 13.0. The summed E-state index contributed by atoms with van der Waals surface area (Å²) in [6.45, 7) is 8.19. The van der Waals surface area contributed by atoms with Gasteiger partial charge in [0.15, 0.2) is 0 Å². The summed E-state index contributed by atoms with van der Waals surface area (Å²) in [5.74, 6) is -1.14. The number of carbonyl (C=O) groups excluding carboxylic acids is 1. The zero-order chi connectivity index (χ0) is 16.1. The van der Waals surface area contributed by atoms with Gasteiger partial charge < -0.3 is 14.5 Å². The van der Waals surface area contributed by atoms with E-state index < -0.39 is 17.2 Å². The van der Waals surface area contributed by atoms with Gasteiger partial charge in [-0.1, -0.05) is 0 Å². The molecule has 0 aliphatic carbocycles. The molecule has 22 heavy (non-hydrogen) atoms. The maximum Gasteiger partial charge on any atom is 0.410 e. The van der Waals surface area contributed by atoms with Crippen LogP contribution in [0, 0.1) is 17.0 Å². The summed E-state index contributed by atoms with van der Waals surface area (Å²) in [6.07, 6.45) is -0.298. The van der Waals surface area contributed by atoms with E-state index in [0.717, 1.165) is 6.07 Å². The van der Waals surface area contributed by atoms with E-state index >= 15 is 0 Å². The third-order valence-corrected chi connectivity index (χ3v) is 3.97. The summed E-state index contributed by atoms with van der Waals surface area (Å²) in [6, 6.07) is 3.53. The van der Waals surface area contributed by atoms with E-state index in [9.17, 15) is 13.6 Å². The van der Waals surface area contributed by atoms with E-state index in [-0.39, 0.29) is 11.5 Å². The molecule has 0 atom stereocenters.